The van der Waals surface area contributed by atoms with E-state index >= 15 is 0 Å². The molecule has 0 aromatic heterocycles. The Bertz CT molecular complexity index is 917. The SMILES string of the molecule is CC(=O)Oc1cccc(C(=O)N2CCC(NC(=O)CCc3ccccc3C)CC2)c1. The molecule has 1 aliphatic rings. The van der Waals surface area contributed by atoms with Gasteiger partial charge in [-0.05, 0) is 55.5 Å². The van der Waals surface area contributed by atoms with Crippen LogP contribution in [0.1, 0.15) is 47.7 Å². The van der Waals surface area contributed by atoms with Gasteiger partial charge in [0.2, 0.25) is 5.91 Å². The smallest absolute Gasteiger partial charge is 0.308 e. The van der Waals surface area contributed by atoms with Crippen molar-refractivity contribution in [2.75, 3.05) is 13.1 Å². The Balaban J connectivity index is 1.46. The van der Waals surface area contributed by atoms with E-state index in [1.54, 1.807) is 29.2 Å². The molecule has 0 atom stereocenters. The first-order chi connectivity index (χ1) is 14.4. The second-order valence-corrected chi connectivity index (χ2v) is 7.68. The van der Waals surface area contributed by atoms with Gasteiger partial charge in [0.25, 0.3) is 5.91 Å². The average molecular weight is 408 g/mol. The third kappa shape index (κ3) is 5.92. The first-order valence-electron chi connectivity index (χ1n) is 10.3. The Morgan fingerprint density at radius 3 is 2.50 bits per heavy atom. The van der Waals surface area contributed by atoms with E-state index in [4.69, 9.17) is 4.74 Å². The summed E-state index contributed by atoms with van der Waals surface area (Å²) in [7, 11) is 0. The van der Waals surface area contributed by atoms with Crippen LogP contribution in [-0.4, -0.2) is 41.8 Å². The van der Waals surface area contributed by atoms with Crippen molar-refractivity contribution in [3.8, 4) is 5.75 Å². The number of ether oxygens (including phenoxy) is 1. The lowest BCUT2D eigenvalue weighted by molar-refractivity contribution is -0.131. The predicted molar refractivity (Wildman–Crippen MR) is 114 cm³/mol. The molecule has 6 nitrogen and oxygen atoms in total. The maximum atomic E-state index is 12.8. The average Bonchev–Trinajstić information content (AvgIpc) is 2.73. The van der Waals surface area contributed by atoms with Gasteiger partial charge >= 0.3 is 5.97 Å². The largest absolute Gasteiger partial charge is 0.427 e. The highest BCUT2D eigenvalue weighted by Gasteiger charge is 2.24. The lowest BCUT2D eigenvalue weighted by Gasteiger charge is -2.32. The minimum absolute atomic E-state index is 0.0529. The summed E-state index contributed by atoms with van der Waals surface area (Å²) in [6, 6.07) is 14.9. The van der Waals surface area contributed by atoms with Gasteiger partial charge in [0.15, 0.2) is 0 Å². The van der Waals surface area contributed by atoms with Crippen LogP contribution in [-0.2, 0) is 16.0 Å². The van der Waals surface area contributed by atoms with Gasteiger partial charge < -0.3 is 15.0 Å². The maximum Gasteiger partial charge on any atom is 0.308 e. The number of carbonyl (C=O) groups excluding carboxylic acids is 3. The van der Waals surface area contributed by atoms with Crippen LogP contribution < -0.4 is 10.1 Å². The second-order valence-electron chi connectivity index (χ2n) is 7.68. The molecule has 2 aromatic carbocycles. The highest BCUT2D eigenvalue weighted by atomic mass is 16.5. The highest BCUT2D eigenvalue weighted by Crippen LogP contribution is 2.18. The molecule has 30 heavy (non-hydrogen) atoms. The zero-order valence-electron chi connectivity index (χ0n) is 17.5. The summed E-state index contributed by atoms with van der Waals surface area (Å²) in [5, 5.41) is 3.10. The van der Waals surface area contributed by atoms with Crippen LogP contribution in [0, 0.1) is 6.92 Å². The lowest BCUT2D eigenvalue weighted by Crippen LogP contribution is -2.46. The van der Waals surface area contributed by atoms with E-state index in [9.17, 15) is 14.4 Å². The third-order valence-electron chi connectivity index (χ3n) is 5.37. The number of benzene rings is 2. The fourth-order valence-corrected chi connectivity index (χ4v) is 3.71. The number of carbonyl (C=O) groups is 3. The van der Waals surface area contributed by atoms with E-state index in [2.05, 4.69) is 24.4 Å². The number of aryl methyl sites for hydroxylation is 2. The monoisotopic (exact) mass is 408 g/mol. The molecule has 0 unspecified atom stereocenters. The molecule has 1 saturated heterocycles. The molecule has 1 heterocycles. The molecular weight excluding hydrogens is 380 g/mol. The van der Waals surface area contributed by atoms with Gasteiger partial charge in [-0.2, -0.15) is 0 Å². The van der Waals surface area contributed by atoms with Crippen LogP contribution in [0.15, 0.2) is 48.5 Å². The molecule has 3 rings (SSSR count). The molecule has 0 radical (unpaired) electrons. The quantitative estimate of drug-likeness (QED) is 0.588. The summed E-state index contributed by atoms with van der Waals surface area (Å²) in [6.45, 7) is 4.55. The van der Waals surface area contributed by atoms with Gasteiger partial charge in [0.05, 0.1) is 0 Å². The van der Waals surface area contributed by atoms with Gasteiger partial charge in [-0.1, -0.05) is 30.3 Å². The van der Waals surface area contributed by atoms with Crippen LogP contribution in [0.5, 0.6) is 5.75 Å². The number of likely N-dealkylation sites (tertiary alicyclic amines) is 1. The number of nitrogens with zero attached hydrogens (tertiary/aromatic N) is 1. The molecule has 0 aliphatic carbocycles. The molecule has 1 fully saturated rings. The first-order valence-corrected chi connectivity index (χ1v) is 10.3. The van der Waals surface area contributed by atoms with Crippen molar-refractivity contribution >= 4 is 17.8 Å². The maximum absolute atomic E-state index is 12.8. The van der Waals surface area contributed by atoms with Crippen molar-refractivity contribution in [3.05, 3.63) is 65.2 Å². The Labute approximate surface area is 177 Å². The van der Waals surface area contributed by atoms with E-state index in [-0.39, 0.29) is 17.9 Å². The Kier molecular flexibility index (Phi) is 7.22. The van der Waals surface area contributed by atoms with Crippen LogP contribution in [0.2, 0.25) is 0 Å². The number of hydrogen-bond acceptors (Lipinski definition) is 4. The van der Waals surface area contributed by atoms with Crippen molar-refractivity contribution < 1.29 is 19.1 Å². The van der Waals surface area contributed by atoms with Gasteiger partial charge in [-0.15, -0.1) is 0 Å². The van der Waals surface area contributed by atoms with Crippen molar-refractivity contribution in [2.45, 2.75) is 45.6 Å². The van der Waals surface area contributed by atoms with Crippen LogP contribution in [0.4, 0.5) is 0 Å². The lowest BCUT2D eigenvalue weighted by atomic mass is 10.0. The predicted octanol–water partition coefficient (Wildman–Crippen LogP) is 3.27. The molecule has 2 aromatic rings. The number of nitrogens with one attached hydrogen (secondary N) is 1. The van der Waals surface area contributed by atoms with Crippen molar-refractivity contribution in [1.82, 2.24) is 10.2 Å². The summed E-state index contributed by atoms with van der Waals surface area (Å²) in [6.07, 6.45) is 2.65. The summed E-state index contributed by atoms with van der Waals surface area (Å²) >= 11 is 0. The zero-order chi connectivity index (χ0) is 21.5. The molecule has 1 aliphatic heterocycles. The van der Waals surface area contributed by atoms with Crippen LogP contribution in [0.3, 0.4) is 0 Å². The topological polar surface area (TPSA) is 75.7 Å². The van der Waals surface area contributed by atoms with E-state index in [0.29, 0.717) is 30.8 Å². The highest BCUT2D eigenvalue weighted by molar-refractivity contribution is 5.94. The van der Waals surface area contributed by atoms with Gasteiger partial charge in [-0.25, -0.2) is 0 Å². The van der Waals surface area contributed by atoms with E-state index in [1.165, 1.54) is 18.1 Å². The Morgan fingerprint density at radius 2 is 1.80 bits per heavy atom. The van der Waals surface area contributed by atoms with Crippen LogP contribution >= 0.6 is 0 Å². The van der Waals surface area contributed by atoms with Crippen LogP contribution in [0.25, 0.3) is 0 Å². The fraction of sp³-hybridized carbons (Fsp3) is 0.375. The third-order valence-corrected chi connectivity index (χ3v) is 5.37. The standard InChI is InChI=1S/C24H28N2O4/c1-17-6-3-4-7-19(17)10-11-23(28)25-21-12-14-26(15-13-21)24(29)20-8-5-9-22(16-20)30-18(2)27/h3-9,16,21H,10-15H2,1-2H3,(H,25,28). The van der Waals surface area contributed by atoms with E-state index in [1.807, 2.05) is 12.1 Å². The minimum Gasteiger partial charge on any atom is -0.427 e. The van der Waals surface area contributed by atoms with E-state index < -0.39 is 5.97 Å². The summed E-state index contributed by atoms with van der Waals surface area (Å²) in [5.41, 5.74) is 2.90. The zero-order valence-corrected chi connectivity index (χ0v) is 17.5. The minimum atomic E-state index is -0.418. The summed E-state index contributed by atoms with van der Waals surface area (Å²) in [5.74, 6) is -0.0897. The number of piperidine rings is 1. The number of amides is 2. The summed E-state index contributed by atoms with van der Waals surface area (Å²) in [4.78, 5) is 38.0. The van der Waals surface area contributed by atoms with Gasteiger partial charge in [0.1, 0.15) is 5.75 Å². The van der Waals surface area contributed by atoms with Crippen molar-refractivity contribution in [2.24, 2.45) is 0 Å². The Morgan fingerprint density at radius 1 is 1.07 bits per heavy atom. The van der Waals surface area contributed by atoms with Gasteiger partial charge in [0, 0.05) is 38.0 Å². The summed E-state index contributed by atoms with van der Waals surface area (Å²) < 4.78 is 5.06. The fourth-order valence-electron chi connectivity index (χ4n) is 3.71. The molecule has 0 bridgehead atoms. The molecule has 1 N–H and O–H groups in total. The Hall–Kier alpha value is -3.15. The number of esters is 1. The number of hydrogen-bond donors (Lipinski definition) is 1. The molecule has 0 saturated carbocycles. The molecule has 2 amide bonds. The molecular formula is C24H28N2O4. The van der Waals surface area contributed by atoms with Gasteiger partial charge in [-0.3, -0.25) is 14.4 Å². The van der Waals surface area contributed by atoms with Crippen molar-refractivity contribution in [3.63, 3.8) is 0 Å². The molecule has 6 heteroatoms. The normalized spacial score (nSPS) is 14.3. The van der Waals surface area contributed by atoms with E-state index in [0.717, 1.165) is 19.3 Å². The molecule has 0 spiro atoms. The van der Waals surface area contributed by atoms with Crippen molar-refractivity contribution in [1.29, 1.82) is 0 Å². The molecule has 158 valence electrons. The second kappa shape index (κ2) is 10.1. The first kappa shape index (κ1) is 21.6. The number of rotatable bonds is 6.